The molecule has 0 aliphatic heterocycles. The Morgan fingerprint density at radius 2 is 1.87 bits per heavy atom. The summed E-state index contributed by atoms with van der Waals surface area (Å²) in [6.07, 6.45) is 0.319. The van der Waals surface area contributed by atoms with E-state index in [9.17, 15) is 14.0 Å². The van der Waals surface area contributed by atoms with Gasteiger partial charge in [-0.1, -0.05) is 11.3 Å². The standard InChI is InChI=1S/C27H33FN4O5S/c1-6-32(26(34)37-27(2,3)4)14-7-15-36-19-11-9-18(10-12-19)30-25-31-24(29)23(38-25)22(33)17-8-13-21(35-5)20(28)16-17/h8-13,16H,6-7,14-15,29H2,1-5H3,(H,30,31). The molecule has 0 aliphatic rings. The normalized spacial score (nSPS) is 11.1. The van der Waals surface area contributed by atoms with E-state index >= 15 is 0 Å². The molecule has 3 aromatic rings. The first-order valence-electron chi connectivity index (χ1n) is 12.1. The zero-order valence-corrected chi connectivity index (χ0v) is 23.0. The van der Waals surface area contributed by atoms with Gasteiger partial charge in [-0.15, -0.1) is 0 Å². The van der Waals surface area contributed by atoms with Crippen LogP contribution in [0.3, 0.4) is 0 Å². The Morgan fingerprint density at radius 1 is 1.16 bits per heavy atom. The van der Waals surface area contributed by atoms with Crippen LogP contribution in [-0.4, -0.2) is 54.2 Å². The fraction of sp³-hybridized carbons (Fsp3) is 0.370. The highest BCUT2D eigenvalue weighted by molar-refractivity contribution is 7.18. The molecule has 3 rings (SSSR count). The topological polar surface area (TPSA) is 116 Å². The molecular weight excluding hydrogens is 511 g/mol. The average Bonchev–Trinajstić information content (AvgIpc) is 3.23. The predicted molar refractivity (Wildman–Crippen MR) is 146 cm³/mol. The molecule has 0 bridgehead atoms. The van der Waals surface area contributed by atoms with Crippen LogP contribution in [0.4, 0.5) is 25.8 Å². The van der Waals surface area contributed by atoms with Crippen LogP contribution in [-0.2, 0) is 4.74 Å². The summed E-state index contributed by atoms with van der Waals surface area (Å²) >= 11 is 1.08. The van der Waals surface area contributed by atoms with Crippen molar-refractivity contribution in [1.29, 1.82) is 0 Å². The number of aromatic nitrogens is 1. The molecule has 0 unspecified atom stereocenters. The van der Waals surface area contributed by atoms with E-state index in [0.717, 1.165) is 23.1 Å². The van der Waals surface area contributed by atoms with Gasteiger partial charge in [-0.3, -0.25) is 4.79 Å². The summed E-state index contributed by atoms with van der Waals surface area (Å²) in [5.41, 5.74) is 6.31. The second-order valence-electron chi connectivity index (χ2n) is 9.32. The number of benzene rings is 2. The van der Waals surface area contributed by atoms with Crippen LogP contribution in [0.2, 0.25) is 0 Å². The lowest BCUT2D eigenvalue weighted by Gasteiger charge is -2.26. The minimum absolute atomic E-state index is 0.0531. The van der Waals surface area contributed by atoms with Crippen molar-refractivity contribution < 1.29 is 28.2 Å². The number of hydrogen-bond acceptors (Lipinski definition) is 9. The number of anilines is 3. The van der Waals surface area contributed by atoms with Crippen LogP contribution in [0.25, 0.3) is 0 Å². The number of thiazole rings is 1. The number of nitrogen functional groups attached to an aromatic ring is 1. The Balaban J connectivity index is 1.53. The van der Waals surface area contributed by atoms with E-state index < -0.39 is 17.2 Å². The van der Waals surface area contributed by atoms with Crippen molar-refractivity contribution in [3.63, 3.8) is 0 Å². The Hall–Kier alpha value is -3.86. The van der Waals surface area contributed by atoms with Gasteiger partial charge in [0.05, 0.1) is 13.7 Å². The fourth-order valence-corrected chi connectivity index (χ4v) is 4.26. The van der Waals surface area contributed by atoms with Crippen LogP contribution in [0, 0.1) is 5.82 Å². The van der Waals surface area contributed by atoms with Crippen molar-refractivity contribution >= 4 is 39.9 Å². The number of halogens is 1. The highest BCUT2D eigenvalue weighted by Crippen LogP contribution is 2.31. The summed E-state index contributed by atoms with van der Waals surface area (Å²) in [6, 6.07) is 11.2. The van der Waals surface area contributed by atoms with Gasteiger partial charge >= 0.3 is 6.09 Å². The third-order valence-electron chi connectivity index (χ3n) is 5.25. The molecule has 1 aromatic heterocycles. The van der Waals surface area contributed by atoms with Crippen LogP contribution in [0.15, 0.2) is 42.5 Å². The Labute approximate surface area is 225 Å². The van der Waals surface area contributed by atoms with Crippen LogP contribution in [0.5, 0.6) is 11.5 Å². The quantitative estimate of drug-likeness (QED) is 0.227. The maximum Gasteiger partial charge on any atom is 0.410 e. The van der Waals surface area contributed by atoms with E-state index in [1.165, 1.54) is 19.2 Å². The highest BCUT2D eigenvalue weighted by atomic mass is 32.1. The Morgan fingerprint density at radius 3 is 2.47 bits per heavy atom. The molecular formula is C27H33FN4O5S. The summed E-state index contributed by atoms with van der Waals surface area (Å²) in [5.74, 6) is -0.269. The smallest absolute Gasteiger partial charge is 0.410 e. The van der Waals surface area contributed by atoms with Crippen molar-refractivity contribution in [2.24, 2.45) is 0 Å². The molecule has 1 heterocycles. The SMILES string of the molecule is CCN(CCCOc1ccc(Nc2nc(N)c(C(=O)c3ccc(OC)c(F)c3)s2)cc1)C(=O)OC(C)(C)C. The van der Waals surface area contributed by atoms with Crippen LogP contribution >= 0.6 is 11.3 Å². The van der Waals surface area contributed by atoms with Gasteiger partial charge in [-0.2, -0.15) is 0 Å². The molecule has 2 aromatic carbocycles. The molecule has 0 aliphatic carbocycles. The van der Waals surface area contributed by atoms with Crippen molar-refractivity contribution in [3.8, 4) is 11.5 Å². The van der Waals surface area contributed by atoms with Crippen molar-refractivity contribution in [3.05, 3.63) is 58.7 Å². The number of ketones is 1. The molecule has 0 fully saturated rings. The van der Waals surface area contributed by atoms with Crippen LogP contribution in [0.1, 0.15) is 49.4 Å². The first-order valence-corrected chi connectivity index (χ1v) is 12.9. The molecule has 1 amide bonds. The van der Waals surface area contributed by atoms with E-state index in [4.69, 9.17) is 19.9 Å². The minimum Gasteiger partial charge on any atom is -0.494 e. The zero-order chi connectivity index (χ0) is 27.9. The first-order chi connectivity index (χ1) is 18.0. The molecule has 38 heavy (non-hydrogen) atoms. The summed E-state index contributed by atoms with van der Waals surface area (Å²) in [4.78, 5) is 31.1. The van der Waals surface area contributed by atoms with Crippen molar-refractivity contribution in [2.45, 2.75) is 39.7 Å². The van der Waals surface area contributed by atoms with E-state index in [-0.39, 0.29) is 28.1 Å². The highest BCUT2D eigenvalue weighted by Gasteiger charge is 2.21. The summed E-state index contributed by atoms with van der Waals surface area (Å²) in [5, 5.41) is 3.54. The average molecular weight is 545 g/mol. The molecule has 0 saturated carbocycles. The van der Waals surface area contributed by atoms with Gasteiger partial charge in [0, 0.05) is 24.3 Å². The number of nitrogens with zero attached hydrogens (tertiary/aromatic N) is 2. The predicted octanol–water partition coefficient (Wildman–Crippen LogP) is 5.87. The minimum atomic E-state index is -0.632. The second kappa shape index (κ2) is 12.6. The lowest BCUT2D eigenvalue weighted by Crippen LogP contribution is -2.37. The van der Waals surface area contributed by atoms with E-state index in [1.807, 2.05) is 39.8 Å². The Bertz CT molecular complexity index is 1260. The molecule has 9 nitrogen and oxygen atoms in total. The summed E-state index contributed by atoms with van der Waals surface area (Å²) in [6.45, 7) is 8.95. The number of ether oxygens (including phenoxy) is 3. The van der Waals surface area contributed by atoms with Gasteiger partial charge in [0.15, 0.2) is 16.7 Å². The molecule has 0 atom stereocenters. The number of carbonyl (C=O) groups excluding carboxylic acids is 2. The van der Waals surface area contributed by atoms with Gasteiger partial charge in [-0.05, 0) is 76.6 Å². The number of rotatable bonds is 11. The lowest BCUT2D eigenvalue weighted by atomic mass is 10.1. The third kappa shape index (κ3) is 7.82. The van der Waals surface area contributed by atoms with E-state index in [2.05, 4.69) is 10.3 Å². The van der Waals surface area contributed by atoms with Gasteiger partial charge < -0.3 is 30.2 Å². The summed E-state index contributed by atoms with van der Waals surface area (Å²) < 4.78 is 30.1. The molecule has 11 heteroatoms. The fourth-order valence-electron chi connectivity index (χ4n) is 3.40. The summed E-state index contributed by atoms with van der Waals surface area (Å²) in [7, 11) is 1.35. The Kier molecular flexibility index (Phi) is 9.51. The zero-order valence-electron chi connectivity index (χ0n) is 22.2. The molecule has 0 saturated heterocycles. The first kappa shape index (κ1) is 28.7. The van der Waals surface area contributed by atoms with Crippen LogP contribution < -0.4 is 20.5 Å². The number of nitrogens with two attached hydrogens (primary N) is 1. The molecule has 0 radical (unpaired) electrons. The number of hydrogen-bond donors (Lipinski definition) is 2. The van der Waals surface area contributed by atoms with Crippen molar-refractivity contribution in [1.82, 2.24) is 9.88 Å². The number of amides is 1. The lowest BCUT2D eigenvalue weighted by molar-refractivity contribution is 0.0252. The number of carbonyl (C=O) groups is 2. The van der Waals surface area contributed by atoms with Gasteiger partial charge in [-0.25, -0.2) is 14.2 Å². The van der Waals surface area contributed by atoms with Gasteiger partial charge in [0.25, 0.3) is 0 Å². The van der Waals surface area contributed by atoms with E-state index in [0.29, 0.717) is 37.0 Å². The monoisotopic (exact) mass is 544 g/mol. The molecule has 204 valence electrons. The molecule has 3 N–H and O–H groups in total. The van der Waals surface area contributed by atoms with Gasteiger partial charge in [0.1, 0.15) is 22.0 Å². The second-order valence-corrected chi connectivity index (χ2v) is 10.3. The number of nitrogens with one attached hydrogen (secondary N) is 1. The molecule has 0 spiro atoms. The maximum absolute atomic E-state index is 14.0. The van der Waals surface area contributed by atoms with E-state index in [1.54, 1.807) is 17.0 Å². The van der Waals surface area contributed by atoms with Crippen molar-refractivity contribution in [2.75, 3.05) is 37.9 Å². The third-order valence-corrected chi connectivity index (χ3v) is 6.24. The largest absolute Gasteiger partial charge is 0.494 e. The number of methoxy groups -OCH3 is 1. The maximum atomic E-state index is 14.0. The van der Waals surface area contributed by atoms with Gasteiger partial charge in [0.2, 0.25) is 5.78 Å².